The average molecular weight is 498 g/mol. The maximum absolute atomic E-state index is 13.8. The van der Waals surface area contributed by atoms with Crippen LogP contribution in [0.15, 0.2) is 30.3 Å². The second kappa shape index (κ2) is 9.15. The summed E-state index contributed by atoms with van der Waals surface area (Å²) in [4.78, 5) is 36.8. The minimum absolute atomic E-state index is 0.0230. The molecular weight excluding hydrogens is 479 g/mol. The SMILES string of the molecule is COCC(=O)Nc1cc(F)c(F)cc1C(=O)NC12CC1C2NC(=O)COc1ccc(Cl)c(F)c1. The molecule has 2 aliphatic carbocycles. The summed E-state index contributed by atoms with van der Waals surface area (Å²) >= 11 is 5.60. The lowest BCUT2D eigenvalue weighted by molar-refractivity contribution is -0.123. The number of hydrogen-bond donors (Lipinski definition) is 3. The Morgan fingerprint density at radius 3 is 2.47 bits per heavy atom. The number of hydrogen-bond acceptors (Lipinski definition) is 5. The zero-order valence-electron chi connectivity index (χ0n) is 17.7. The summed E-state index contributed by atoms with van der Waals surface area (Å²) in [6.07, 6.45) is 0.585. The molecular formula is C22H19ClF3N3O5. The summed E-state index contributed by atoms with van der Waals surface area (Å²) in [7, 11) is 1.28. The molecule has 2 aliphatic rings. The zero-order chi connectivity index (χ0) is 24.6. The van der Waals surface area contributed by atoms with Gasteiger partial charge in [-0.1, -0.05) is 11.6 Å². The highest BCUT2D eigenvalue weighted by molar-refractivity contribution is 6.30. The van der Waals surface area contributed by atoms with Gasteiger partial charge in [0, 0.05) is 25.2 Å². The van der Waals surface area contributed by atoms with Crippen LogP contribution in [0, 0.1) is 23.4 Å². The number of halogens is 4. The Balaban J connectivity index is 1.35. The highest BCUT2D eigenvalue weighted by Crippen LogP contribution is 2.66. The number of amides is 3. The van der Waals surface area contributed by atoms with Crippen LogP contribution in [0.3, 0.4) is 0 Å². The Labute approximate surface area is 196 Å². The quantitative estimate of drug-likeness (QED) is 0.493. The van der Waals surface area contributed by atoms with Crippen LogP contribution in [0.2, 0.25) is 5.02 Å². The van der Waals surface area contributed by atoms with E-state index in [0.29, 0.717) is 18.6 Å². The van der Waals surface area contributed by atoms with E-state index in [1.54, 1.807) is 0 Å². The molecule has 12 heteroatoms. The highest BCUT2D eigenvalue weighted by atomic mass is 35.5. The second-order valence-electron chi connectivity index (χ2n) is 8.01. The molecule has 2 aromatic carbocycles. The third kappa shape index (κ3) is 4.80. The Hall–Kier alpha value is -3.31. The molecule has 0 saturated heterocycles. The van der Waals surface area contributed by atoms with Crippen LogP contribution in [0.5, 0.6) is 5.75 Å². The van der Waals surface area contributed by atoms with Crippen molar-refractivity contribution >= 4 is 35.0 Å². The van der Waals surface area contributed by atoms with E-state index < -0.39 is 40.7 Å². The topological polar surface area (TPSA) is 106 Å². The molecule has 0 bridgehead atoms. The number of benzene rings is 2. The number of anilines is 1. The van der Waals surface area contributed by atoms with Gasteiger partial charge in [0.2, 0.25) is 5.91 Å². The fourth-order valence-corrected chi connectivity index (χ4v) is 3.84. The third-order valence-electron chi connectivity index (χ3n) is 5.69. The van der Waals surface area contributed by atoms with Gasteiger partial charge in [-0.3, -0.25) is 14.4 Å². The molecule has 3 atom stereocenters. The van der Waals surface area contributed by atoms with Crippen molar-refractivity contribution in [3.05, 3.63) is 58.4 Å². The van der Waals surface area contributed by atoms with Crippen LogP contribution >= 0.6 is 11.6 Å². The molecule has 180 valence electrons. The fraction of sp³-hybridized carbons (Fsp3) is 0.318. The van der Waals surface area contributed by atoms with Gasteiger partial charge in [-0.2, -0.15) is 0 Å². The predicted molar refractivity (Wildman–Crippen MR) is 114 cm³/mol. The first-order valence-electron chi connectivity index (χ1n) is 10.1. The van der Waals surface area contributed by atoms with Gasteiger partial charge >= 0.3 is 0 Å². The fourth-order valence-electron chi connectivity index (χ4n) is 3.72. The van der Waals surface area contributed by atoms with E-state index in [4.69, 9.17) is 16.3 Å². The van der Waals surface area contributed by atoms with E-state index in [0.717, 1.165) is 6.07 Å². The van der Waals surface area contributed by atoms with Gasteiger partial charge in [-0.15, -0.1) is 0 Å². The monoisotopic (exact) mass is 497 g/mol. The number of carbonyl (C=O) groups excluding carboxylic acids is 3. The number of fused-ring (bicyclic) bond motifs is 1. The smallest absolute Gasteiger partial charge is 0.258 e. The van der Waals surface area contributed by atoms with Crippen LogP contribution in [-0.2, 0) is 14.3 Å². The number of rotatable bonds is 9. The van der Waals surface area contributed by atoms with Crippen LogP contribution < -0.4 is 20.7 Å². The molecule has 3 amide bonds. The van der Waals surface area contributed by atoms with E-state index in [1.165, 1.54) is 19.2 Å². The lowest BCUT2D eigenvalue weighted by atomic mass is 10.1. The number of carbonyl (C=O) groups is 3. The molecule has 3 unspecified atom stereocenters. The summed E-state index contributed by atoms with van der Waals surface area (Å²) < 4.78 is 50.8. The molecule has 2 aromatic rings. The van der Waals surface area contributed by atoms with Crippen molar-refractivity contribution in [1.29, 1.82) is 0 Å². The Morgan fingerprint density at radius 2 is 1.79 bits per heavy atom. The van der Waals surface area contributed by atoms with E-state index in [9.17, 15) is 27.6 Å². The average Bonchev–Trinajstić information content (AvgIpc) is 3.64. The molecule has 0 spiro atoms. The lowest BCUT2D eigenvalue weighted by Gasteiger charge is -2.17. The summed E-state index contributed by atoms with van der Waals surface area (Å²) in [5, 5.41) is 7.67. The van der Waals surface area contributed by atoms with Gasteiger partial charge in [0.25, 0.3) is 11.8 Å². The van der Waals surface area contributed by atoms with Crippen LogP contribution in [0.25, 0.3) is 0 Å². The van der Waals surface area contributed by atoms with Gasteiger partial charge in [-0.25, -0.2) is 13.2 Å². The van der Waals surface area contributed by atoms with Crippen molar-refractivity contribution in [3.63, 3.8) is 0 Å². The van der Waals surface area contributed by atoms with Gasteiger partial charge < -0.3 is 25.4 Å². The second-order valence-corrected chi connectivity index (χ2v) is 8.42. The maximum atomic E-state index is 13.8. The first-order valence-corrected chi connectivity index (χ1v) is 10.5. The highest BCUT2D eigenvalue weighted by Gasteiger charge is 2.80. The van der Waals surface area contributed by atoms with Crippen molar-refractivity contribution in [2.75, 3.05) is 25.6 Å². The predicted octanol–water partition coefficient (Wildman–Crippen LogP) is 2.41. The van der Waals surface area contributed by atoms with Gasteiger partial charge in [0.1, 0.15) is 18.2 Å². The van der Waals surface area contributed by atoms with Crippen LogP contribution in [0.1, 0.15) is 16.8 Å². The number of methoxy groups -OCH3 is 1. The number of nitrogens with one attached hydrogen (secondary N) is 3. The standard InChI is InChI=1S/C22H19ClF3N3O5/c1-33-8-18(30)27-17-6-16(26)15(25)5-11(17)21(32)29-22-7-12(22)20(22)28-19(31)9-34-10-2-3-13(23)14(24)4-10/h2-6,12,20H,7-9H2,1H3,(H,27,30)(H,28,31)(H,29,32). The molecule has 8 nitrogen and oxygen atoms in total. The maximum Gasteiger partial charge on any atom is 0.258 e. The molecule has 2 saturated carbocycles. The molecule has 0 aromatic heterocycles. The molecule has 0 heterocycles. The van der Waals surface area contributed by atoms with Crippen molar-refractivity contribution < 1.29 is 37.0 Å². The van der Waals surface area contributed by atoms with Crippen molar-refractivity contribution in [2.24, 2.45) is 5.92 Å². The molecule has 34 heavy (non-hydrogen) atoms. The first-order chi connectivity index (χ1) is 16.1. The van der Waals surface area contributed by atoms with Crippen molar-refractivity contribution in [1.82, 2.24) is 10.6 Å². The molecule has 3 N–H and O–H groups in total. The molecule has 4 rings (SSSR count). The third-order valence-corrected chi connectivity index (χ3v) is 5.99. The largest absolute Gasteiger partial charge is 0.484 e. The van der Waals surface area contributed by atoms with Gasteiger partial charge in [0.05, 0.1) is 27.9 Å². The van der Waals surface area contributed by atoms with E-state index in [1.807, 2.05) is 0 Å². The van der Waals surface area contributed by atoms with Crippen molar-refractivity contribution in [2.45, 2.75) is 18.0 Å². The van der Waals surface area contributed by atoms with E-state index in [-0.39, 0.29) is 47.2 Å². The first kappa shape index (κ1) is 23.8. The van der Waals surface area contributed by atoms with E-state index >= 15 is 0 Å². The summed E-state index contributed by atoms with van der Waals surface area (Å²) in [6, 6.07) is 4.80. The van der Waals surface area contributed by atoms with E-state index in [2.05, 4.69) is 20.7 Å². The van der Waals surface area contributed by atoms with Gasteiger partial charge in [0.15, 0.2) is 18.2 Å². The summed E-state index contributed by atoms with van der Waals surface area (Å²) in [5.74, 6) is -4.94. The summed E-state index contributed by atoms with van der Waals surface area (Å²) in [5.41, 5.74) is -1.19. The molecule has 0 radical (unpaired) electrons. The summed E-state index contributed by atoms with van der Waals surface area (Å²) in [6.45, 7) is -0.724. The van der Waals surface area contributed by atoms with Crippen LogP contribution in [0.4, 0.5) is 18.9 Å². The number of ether oxygens (including phenoxy) is 2. The van der Waals surface area contributed by atoms with Crippen molar-refractivity contribution in [3.8, 4) is 5.75 Å². The Morgan fingerprint density at radius 1 is 1.06 bits per heavy atom. The molecule has 0 aliphatic heterocycles. The Kier molecular flexibility index (Phi) is 6.41. The minimum atomic E-state index is -1.25. The lowest BCUT2D eigenvalue weighted by Crippen LogP contribution is -2.44. The van der Waals surface area contributed by atoms with Crippen LogP contribution in [-0.4, -0.2) is 49.6 Å². The molecule has 2 fully saturated rings. The Bertz CT molecular complexity index is 1180. The zero-order valence-corrected chi connectivity index (χ0v) is 18.5. The van der Waals surface area contributed by atoms with Gasteiger partial charge in [-0.05, 0) is 24.6 Å². The minimum Gasteiger partial charge on any atom is -0.484 e. The normalized spacial score (nSPS) is 21.8.